The Morgan fingerprint density at radius 1 is 0.935 bits per heavy atom. The Balaban J connectivity index is 1.75. The van der Waals surface area contributed by atoms with Gasteiger partial charge in [0, 0.05) is 24.2 Å². The van der Waals surface area contributed by atoms with Crippen LogP contribution in [0.25, 0.3) is 33.6 Å². The molecule has 5 rings (SSSR count). The predicted molar refractivity (Wildman–Crippen MR) is 119 cm³/mol. The summed E-state index contributed by atoms with van der Waals surface area (Å²) in [5.74, 6) is 3.04. The van der Waals surface area contributed by atoms with E-state index in [9.17, 15) is 5.11 Å². The Morgan fingerprint density at radius 3 is 2.16 bits per heavy atom. The van der Waals surface area contributed by atoms with Gasteiger partial charge in [0.25, 0.3) is 0 Å². The molecule has 1 atom stereocenters. The molecule has 7 nitrogen and oxygen atoms in total. The minimum absolute atomic E-state index is 0.359. The molecule has 1 fully saturated rings. The van der Waals surface area contributed by atoms with Gasteiger partial charge < -0.3 is 23.9 Å². The minimum atomic E-state index is -0.359. The average molecular weight is 417 g/mol. The molecule has 1 unspecified atom stereocenters. The van der Waals surface area contributed by atoms with Gasteiger partial charge in [0.15, 0.2) is 0 Å². The number of rotatable bonds is 5. The number of methoxy groups -OCH3 is 2. The van der Waals surface area contributed by atoms with Gasteiger partial charge in [-0.3, -0.25) is 0 Å². The van der Waals surface area contributed by atoms with Crippen molar-refractivity contribution in [3.05, 3.63) is 54.9 Å². The Bertz CT molecular complexity index is 1200. The minimum Gasteiger partial charge on any atom is -0.497 e. The van der Waals surface area contributed by atoms with E-state index in [-0.39, 0.29) is 6.10 Å². The Hall–Kier alpha value is -3.58. The summed E-state index contributed by atoms with van der Waals surface area (Å²) in [5, 5.41) is 10.9. The summed E-state index contributed by atoms with van der Waals surface area (Å²) in [4.78, 5) is 11.1. The van der Waals surface area contributed by atoms with E-state index in [1.54, 1.807) is 14.2 Å². The molecular formula is C24H23N3O4. The molecule has 158 valence electrons. The Kier molecular flexibility index (Phi) is 4.95. The first-order chi connectivity index (χ1) is 15.2. The molecule has 3 heterocycles. The van der Waals surface area contributed by atoms with E-state index in [0.29, 0.717) is 24.4 Å². The lowest BCUT2D eigenvalue weighted by molar-refractivity contribution is 0.198. The standard InChI is InChI=1S/C24H23N3O4/c1-29-18-7-3-15(4-8-18)20-21-23(27-12-11-17(28)13-27)25-14-26-24(21)31-22(20)16-5-9-19(30-2)10-6-16/h3-10,14,17,28H,11-13H2,1-2H3. The summed E-state index contributed by atoms with van der Waals surface area (Å²) in [7, 11) is 3.29. The molecule has 1 saturated heterocycles. The van der Waals surface area contributed by atoms with Crippen LogP contribution >= 0.6 is 0 Å². The van der Waals surface area contributed by atoms with Crippen molar-refractivity contribution in [1.29, 1.82) is 0 Å². The first kappa shape index (κ1) is 19.4. The van der Waals surface area contributed by atoms with E-state index < -0.39 is 0 Å². The van der Waals surface area contributed by atoms with Crippen LogP contribution in [0.5, 0.6) is 11.5 Å². The van der Waals surface area contributed by atoms with Crippen molar-refractivity contribution in [2.75, 3.05) is 32.2 Å². The molecule has 2 aromatic heterocycles. The van der Waals surface area contributed by atoms with E-state index >= 15 is 0 Å². The van der Waals surface area contributed by atoms with Crippen molar-refractivity contribution in [2.45, 2.75) is 12.5 Å². The Morgan fingerprint density at radius 2 is 1.58 bits per heavy atom. The fourth-order valence-electron chi connectivity index (χ4n) is 4.07. The number of aliphatic hydroxyl groups excluding tert-OH is 1. The lowest BCUT2D eigenvalue weighted by atomic mass is 9.99. The number of aliphatic hydroxyl groups is 1. The quantitative estimate of drug-likeness (QED) is 0.523. The molecule has 0 spiro atoms. The third-order valence-corrected chi connectivity index (χ3v) is 5.66. The van der Waals surface area contributed by atoms with Crippen LogP contribution in [-0.4, -0.2) is 48.5 Å². The monoisotopic (exact) mass is 417 g/mol. The summed E-state index contributed by atoms with van der Waals surface area (Å²) in [6.07, 6.45) is 1.87. The van der Waals surface area contributed by atoms with Gasteiger partial charge in [-0.1, -0.05) is 12.1 Å². The number of anilines is 1. The molecule has 2 aromatic carbocycles. The summed E-state index contributed by atoms with van der Waals surface area (Å²) < 4.78 is 16.9. The Labute approximate surface area is 179 Å². The summed E-state index contributed by atoms with van der Waals surface area (Å²) in [6.45, 7) is 1.27. The van der Waals surface area contributed by atoms with Crippen LogP contribution in [0.2, 0.25) is 0 Å². The fraction of sp³-hybridized carbons (Fsp3) is 0.250. The number of ether oxygens (including phenoxy) is 2. The number of benzene rings is 2. The molecule has 0 saturated carbocycles. The summed E-state index contributed by atoms with van der Waals surface area (Å²) in [6, 6.07) is 15.6. The van der Waals surface area contributed by atoms with Crippen molar-refractivity contribution in [1.82, 2.24) is 9.97 Å². The van der Waals surface area contributed by atoms with Crippen LogP contribution in [0, 0.1) is 0 Å². The molecule has 31 heavy (non-hydrogen) atoms. The number of β-amino-alcohol motifs (C(OH)–C–C–N with tert-alkyl or cyclic N) is 1. The van der Waals surface area contributed by atoms with Gasteiger partial charge in [0.05, 0.1) is 25.7 Å². The largest absolute Gasteiger partial charge is 0.497 e. The summed E-state index contributed by atoms with van der Waals surface area (Å²) in [5.41, 5.74) is 3.32. The SMILES string of the molecule is COc1ccc(-c2oc3ncnc(N4CCC(O)C4)c3c2-c2ccc(OC)cc2)cc1. The van der Waals surface area contributed by atoms with Crippen molar-refractivity contribution in [3.63, 3.8) is 0 Å². The lowest BCUT2D eigenvalue weighted by Gasteiger charge is -2.17. The molecule has 1 aliphatic heterocycles. The number of hydrogen-bond donors (Lipinski definition) is 1. The van der Waals surface area contributed by atoms with Crippen molar-refractivity contribution in [2.24, 2.45) is 0 Å². The van der Waals surface area contributed by atoms with Crippen molar-refractivity contribution < 1.29 is 19.0 Å². The van der Waals surface area contributed by atoms with E-state index in [1.807, 2.05) is 48.5 Å². The van der Waals surface area contributed by atoms with E-state index in [4.69, 9.17) is 13.9 Å². The van der Waals surface area contributed by atoms with Gasteiger partial charge in [-0.2, -0.15) is 0 Å². The number of furan rings is 1. The first-order valence-corrected chi connectivity index (χ1v) is 10.2. The maximum atomic E-state index is 10.1. The topological polar surface area (TPSA) is 80.9 Å². The van der Waals surface area contributed by atoms with Gasteiger partial charge in [0.1, 0.15) is 29.4 Å². The second kappa shape index (κ2) is 7.92. The molecule has 0 bridgehead atoms. The van der Waals surface area contributed by atoms with E-state index in [0.717, 1.165) is 45.9 Å². The van der Waals surface area contributed by atoms with Gasteiger partial charge in [-0.25, -0.2) is 9.97 Å². The van der Waals surface area contributed by atoms with Crippen LogP contribution in [0.3, 0.4) is 0 Å². The highest BCUT2D eigenvalue weighted by atomic mass is 16.5. The second-order valence-electron chi connectivity index (χ2n) is 7.53. The highest BCUT2D eigenvalue weighted by Gasteiger charge is 2.28. The molecule has 4 aromatic rings. The first-order valence-electron chi connectivity index (χ1n) is 10.2. The molecule has 1 N–H and O–H groups in total. The predicted octanol–water partition coefficient (Wildman–Crippen LogP) is 4.15. The maximum absolute atomic E-state index is 10.1. The highest BCUT2D eigenvalue weighted by molar-refractivity contribution is 6.06. The molecule has 0 aliphatic carbocycles. The highest BCUT2D eigenvalue weighted by Crippen LogP contribution is 2.44. The summed E-state index contributed by atoms with van der Waals surface area (Å²) >= 11 is 0. The normalized spacial score (nSPS) is 16.1. The van der Waals surface area contributed by atoms with Gasteiger partial charge in [-0.15, -0.1) is 0 Å². The second-order valence-corrected chi connectivity index (χ2v) is 7.53. The zero-order valence-electron chi connectivity index (χ0n) is 17.4. The lowest BCUT2D eigenvalue weighted by Crippen LogP contribution is -2.22. The van der Waals surface area contributed by atoms with Crippen LogP contribution < -0.4 is 14.4 Å². The van der Waals surface area contributed by atoms with Crippen LogP contribution in [0.15, 0.2) is 59.3 Å². The third-order valence-electron chi connectivity index (χ3n) is 5.66. The third kappa shape index (κ3) is 3.47. The molecule has 7 heteroatoms. The number of fused-ring (bicyclic) bond motifs is 1. The smallest absolute Gasteiger partial charge is 0.232 e. The maximum Gasteiger partial charge on any atom is 0.232 e. The number of hydrogen-bond acceptors (Lipinski definition) is 7. The van der Waals surface area contributed by atoms with Gasteiger partial charge >= 0.3 is 0 Å². The molecule has 1 aliphatic rings. The van der Waals surface area contributed by atoms with E-state index in [2.05, 4.69) is 14.9 Å². The van der Waals surface area contributed by atoms with Crippen molar-refractivity contribution in [3.8, 4) is 33.9 Å². The molecular weight excluding hydrogens is 394 g/mol. The van der Waals surface area contributed by atoms with Crippen LogP contribution in [0.4, 0.5) is 5.82 Å². The average Bonchev–Trinajstić information content (AvgIpc) is 3.43. The number of aromatic nitrogens is 2. The van der Waals surface area contributed by atoms with Gasteiger partial charge in [-0.05, 0) is 48.4 Å². The molecule has 0 amide bonds. The van der Waals surface area contributed by atoms with Gasteiger partial charge in [0.2, 0.25) is 5.71 Å². The zero-order chi connectivity index (χ0) is 21.4. The zero-order valence-corrected chi connectivity index (χ0v) is 17.4. The molecule has 0 radical (unpaired) electrons. The fourth-order valence-corrected chi connectivity index (χ4v) is 4.07. The number of nitrogens with zero attached hydrogens (tertiary/aromatic N) is 3. The van der Waals surface area contributed by atoms with Crippen LogP contribution in [-0.2, 0) is 0 Å². The van der Waals surface area contributed by atoms with Crippen LogP contribution in [0.1, 0.15) is 6.42 Å². The van der Waals surface area contributed by atoms with Crippen molar-refractivity contribution >= 4 is 16.9 Å². The van der Waals surface area contributed by atoms with E-state index in [1.165, 1.54) is 6.33 Å².